The molecule has 2 atom stereocenters. The summed E-state index contributed by atoms with van der Waals surface area (Å²) in [5, 5.41) is 3.39. The maximum Gasteiger partial charge on any atom is 0.338 e. The third-order valence-electron chi connectivity index (χ3n) is 4.97. The van der Waals surface area contributed by atoms with E-state index in [1.165, 1.54) is 11.1 Å². The Morgan fingerprint density at radius 1 is 1.43 bits per heavy atom. The second-order valence-corrected chi connectivity index (χ2v) is 6.09. The molecular formula is C16H20N2O3. The number of carbonyl (C=O) groups is 1. The molecule has 0 bridgehead atoms. The van der Waals surface area contributed by atoms with Gasteiger partial charge in [0.05, 0.1) is 11.7 Å². The van der Waals surface area contributed by atoms with E-state index in [2.05, 4.69) is 23.2 Å². The maximum absolute atomic E-state index is 11.6. The van der Waals surface area contributed by atoms with Crippen LogP contribution in [-0.2, 0) is 22.6 Å². The lowest BCUT2D eigenvalue weighted by Gasteiger charge is -2.30. The molecule has 5 nitrogen and oxygen atoms in total. The molecular weight excluding hydrogens is 268 g/mol. The molecule has 1 aromatic rings. The second kappa shape index (κ2) is 5.09. The summed E-state index contributed by atoms with van der Waals surface area (Å²) in [6, 6.07) is 4.48. The molecule has 21 heavy (non-hydrogen) atoms. The highest BCUT2D eigenvalue weighted by Crippen LogP contribution is 2.29. The Labute approximate surface area is 124 Å². The van der Waals surface area contributed by atoms with Gasteiger partial charge >= 0.3 is 5.97 Å². The van der Waals surface area contributed by atoms with Crippen LogP contribution < -0.4 is 5.32 Å². The van der Waals surface area contributed by atoms with Gasteiger partial charge in [-0.2, -0.15) is 0 Å². The van der Waals surface area contributed by atoms with E-state index in [1.54, 1.807) is 0 Å². The molecule has 1 N–H and O–H groups in total. The van der Waals surface area contributed by atoms with Crippen molar-refractivity contribution in [3.8, 4) is 0 Å². The van der Waals surface area contributed by atoms with Crippen LogP contribution in [0.1, 0.15) is 33.5 Å². The maximum atomic E-state index is 11.6. The van der Waals surface area contributed by atoms with Crippen LogP contribution in [-0.4, -0.2) is 42.8 Å². The quantitative estimate of drug-likeness (QED) is 0.828. The molecule has 0 saturated carbocycles. The molecule has 1 aromatic carbocycles. The highest BCUT2D eigenvalue weighted by Gasteiger charge is 2.37. The molecule has 5 heteroatoms. The number of hydrogen-bond donors (Lipinski definition) is 1. The zero-order chi connectivity index (χ0) is 14.4. The fourth-order valence-electron chi connectivity index (χ4n) is 3.64. The Hall–Kier alpha value is -1.43. The van der Waals surface area contributed by atoms with Gasteiger partial charge in [0, 0.05) is 24.7 Å². The minimum atomic E-state index is -0.192. The van der Waals surface area contributed by atoms with Gasteiger partial charge in [-0.3, -0.25) is 4.90 Å². The summed E-state index contributed by atoms with van der Waals surface area (Å²) in [4.78, 5) is 14.0. The van der Waals surface area contributed by atoms with Crippen molar-refractivity contribution in [1.82, 2.24) is 10.2 Å². The number of rotatable bonds is 2. The Morgan fingerprint density at radius 3 is 3.24 bits per heavy atom. The van der Waals surface area contributed by atoms with E-state index in [0.29, 0.717) is 25.5 Å². The number of carbonyl (C=O) groups excluding carboxylic acids is 1. The van der Waals surface area contributed by atoms with Crippen LogP contribution in [0.4, 0.5) is 0 Å². The van der Waals surface area contributed by atoms with Gasteiger partial charge in [-0.15, -0.1) is 0 Å². The lowest BCUT2D eigenvalue weighted by Crippen LogP contribution is -2.46. The minimum Gasteiger partial charge on any atom is -0.457 e. The van der Waals surface area contributed by atoms with Crippen molar-refractivity contribution >= 4 is 5.97 Å². The SMILES string of the molecule is Cc1c(CN2COC3CNCCC32)ccc2c1COC2=O. The molecule has 4 rings (SSSR count). The molecule has 112 valence electrons. The molecule has 0 amide bonds. The third-order valence-corrected chi connectivity index (χ3v) is 4.97. The smallest absolute Gasteiger partial charge is 0.338 e. The monoisotopic (exact) mass is 288 g/mol. The van der Waals surface area contributed by atoms with Crippen LogP contribution >= 0.6 is 0 Å². The highest BCUT2D eigenvalue weighted by atomic mass is 16.5. The van der Waals surface area contributed by atoms with E-state index in [9.17, 15) is 4.79 Å². The van der Waals surface area contributed by atoms with Gasteiger partial charge < -0.3 is 14.8 Å². The van der Waals surface area contributed by atoms with Crippen molar-refractivity contribution in [3.63, 3.8) is 0 Å². The van der Waals surface area contributed by atoms with E-state index >= 15 is 0 Å². The summed E-state index contributed by atoms with van der Waals surface area (Å²) in [5.41, 5.74) is 4.25. The fourth-order valence-corrected chi connectivity index (χ4v) is 3.64. The molecule has 0 spiro atoms. The van der Waals surface area contributed by atoms with E-state index in [1.807, 2.05) is 6.07 Å². The van der Waals surface area contributed by atoms with Crippen molar-refractivity contribution in [2.75, 3.05) is 19.8 Å². The fraction of sp³-hybridized carbons (Fsp3) is 0.562. The third kappa shape index (κ3) is 2.16. The summed E-state index contributed by atoms with van der Waals surface area (Å²) in [6.07, 6.45) is 1.45. The number of esters is 1. The zero-order valence-electron chi connectivity index (χ0n) is 12.2. The van der Waals surface area contributed by atoms with Crippen LogP contribution in [0.2, 0.25) is 0 Å². The minimum absolute atomic E-state index is 0.192. The molecule has 2 fully saturated rings. The number of benzene rings is 1. The Balaban J connectivity index is 1.57. The standard InChI is InChI=1S/C16H20N2O3/c1-10-11(2-3-12-13(10)8-20-16(12)19)7-18-9-21-15-6-17-5-4-14(15)18/h2-3,14-15,17H,4-9H2,1H3. The number of cyclic esters (lactones) is 1. The molecule has 2 saturated heterocycles. The highest BCUT2D eigenvalue weighted by molar-refractivity contribution is 5.93. The van der Waals surface area contributed by atoms with Gasteiger partial charge in [0.25, 0.3) is 0 Å². The van der Waals surface area contributed by atoms with Crippen molar-refractivity contribution in [2.24, 2.45) is 0 Å². The molecule has 0 radical (unpaired) electrons. The lowest BCUT2D eigenvalue weighted by atomic mass is 9.97. The Bertz CT molecular complexity index is 587. The molecule has 0 aromatic heterocycles. The Kier molecular flexibility index (Phi) is 3.21. The van der Waals surface area contributed by atoms with Crippen LogP contribution in [0.3, 0.4) is 0 Å². The van der Waals surface area contributed by atoms with E-state index in [0.717, 1.165) is 37.2 Å². The summed E-state index contributed by atoms with van der Waals surface area (Å²) in [6.45, 7) is 6.10. The summed E-state index contributed by atoms with van der Waals surface area (Å²) < 4.78 is 11.0. The van der Waals surface area contributed by atoms with Crippen molar-refractivity contribution in [2.45, 2.75) is 38.6 Å². The number of nitrogens with zero attached hydrogens (tertiary/aromatic N) is 1. The Morgan fingerprint density at radius 2 is 2.33 bits per heavy atom. The summed E-state index contributed by atoms with van der Waals surface area (Å²) in [5.74, 6) is -0.192. The van der Waals surface area contributed by atoms with E-state index in [-0.39, 0.29) is 5.97 Å². The van der Waals surface area contributed by atoms with E-state index in [4.69, 9.17) is 9.47 Å². The predicted molar refractivity (Wildman–Crippen MR) is 76.9 cm³/mol. The number of nitrogens with one attached hydrogen (secondary N) is 1. The van der Waals surface area contributed by atoms with Crippen molar-refractivity contribution in [1.29, 1.82) is 0 Å². The van der Waals surface area contributed by atoms with Crippen molar-refractivity contribution < 1.29 is 14.3 Å². The van der Waals surface area contributed by atoms with Crippen LogP contribution in [0.25, 0.3) is 0 Å². The zero-order valence-corrected chi connectivity index (χ0v) is 12.2. The van der Waals surface area contributed by atoms with Crippen LogP contribution in [0, 0.1) is 6.92 Å². The van der Waals surface area contributed by atoms with Gasteiger partial charge in [0.1, 0.15) is 13.3 Å². The normalized spacial score (nSPS) is 28.3. The number of fused-ring (bicyclic) bond motifs is 2. The number of hydrogen-bond acceptors (Lipinski definition) is 5. The first-order valence-corrected chi connectivity index (χ1v) is 7.59. The lowest BCUT2D eigenvalue weighted by molar-refractivity contribution is 0.0535. The molecule has 0 aliphatic carbocycles. The van der Waals surface area contributed by atoms with Gasteiger partial charge in [-0.1, -0.05) is 6.07 Å². The topological polar surface area (TPSA) is 50.8 Å². The number of ether oxygens (including phenoxy) is 2. The van der Waals surface area contributed by atoms with Gasteiger partial charge in [-0.05, 0) is 37.1 Å². The van der Waals surface area contributed by atoms with Gasteiger partial charge in [-0.25, -0.2) is 4.79 Å². The second-order valence-electron chi connectivity index (χ2n) is 6.09. The average Bonchev–Trinajstić information content (AvgIpc) is 3.07. The average molecular weight is 288 g/mol. The first kappa shape index (κ1) is 13.2. The van der Waals surface area contributed by atoms with Gasteiger partial charge in [0.2, 0.25) is 0 Å². The van der Waals surface area contributed by atoms with Crippen molar-refractivity contribution in [3.05, 3.63) is 34.4 Å². The van der Waals surface area contributed by atoms with Crippen LogP contribution in [0.15, 0.2) is 12.1 Å². The molecule has 3 aliphatic heterocycles. The first-order valence-electron chi connectivity index (χ1n) is 7.59. The predicted octanol–water partition coefficient (Wildman–Crippen LogP) is 1.19. The van der Waals surface area contributed by atoms with Gasteiger partial charge in [0.15, 0.2) is 0 Å². The summed E-state index contributed by atoms with van der Waals surface area (Å²) in [7, 11) is 0. The van der Waals surface area contributed by atoms with Crippen LogP contribution in [0.5, 0.6) is 0 Å². The molecule has 3 heterocycles. The summed E-state index contributed by atoms with van der Waals surface area (Å²) >= 11 is 0. The largest absolute Gasteiger partial charge is 0.457 e. The number of piperidine rings is 1. The molecule has 3 aliphatic rings. The molecule has 2 unspecified atom stereocenters. The first-order chi connectivity index (χ1) is 10.2. The van der Waals surface area contributed by atoms with E-state index < -0.39 is 0 Å².